The molecule has 0 aliphatic rings. The molecule has 0 aromatic carbocycles. The second kappa shape index (κ2) is 7.09. The molecule has 0 radical (unpaired) electrons. The summed E-state index contributed by atoms with van der Waals surface area (Å²) in [5.41, 5.74) is 1.36. The maximum absolute atomic E-state index is 4.73. The van der Waals surface area contributed by atoms with Crippen LogP contribution < -0.4 is 5.32 Å². The van der Waals surface area contributed by atoms with E-state index >= 15 is 0 Å². The number of aromatic nitrogens is 1. The minimum Gasteiger partial charge on any atom is -0.309 e. The third-order valence-electron chi connectivity index (χ3n) is 3.77. The molecular weight excluding hydrogens is 272 g/mol. The van der Waals surface area contributed by atoms with Gasteiger partial charge in [0.1, 0.15) is 5.01 Å². The molecule has 19 heavy (non-hydrogen) atoms. The first kappa shape index (κ1) is 17.0. The highest BCUT2D eigenvalue weighted by Gasteiger charge is 2.24. The molecule has 0 saturated carbocycles. The molecule has 0 unspecified atom stereocenters. The van der Waals surface area contributed by atoms with Crippen molar-refractivity contribution in [2.24, 2.45) is 0 Å². The van der Waals surface area contributed by atoms with Crippen LogP contribution in [-0.4, -0.2) is 22.5 Å². The predicted octanol–water partition coefficient (Wildman–Crippen LogP) is 4.45. The van der Waals surface area contributed by atoms with Gasteiger partial charge in [-0.15, -0.1) is 11.3 Å². The largest absolute Gasteiger partial charge is 0.309 e. The molecule has 0 fully saturated rings. The predicted molar refractivity (Wildman–Crippen MR) is 89.3 cm³/mol. The highest BCUT2D eigenvalue weighted by atomic mass is 32.2. The summed E-state index contributed by atoms with van der Waals surface area (Å²) in [6.45, 7) is 13.2. The zero-order valence-corrected chi connectivity index (χ0v) is 14.8. The van der Waals surface area contributed by atoms with E-state index in [1.165, 1.54) is 23.5 Å². The third-order valence-corrected chi connectivity index (χ3v) is 6.20. The Balaban J connectivity index is 2.51. The second-order valence-electron chi connectivity index (χ2n) is 6.07. The highest BCUT2D eigenvalue weighted by Crippen LogP contribution is 2.29. The van der Waals surface area contributed by atoms with E-state index in [9.17, 15) is 0 Å². The van der Waals surface area contributed by atoms with Gasteiger partial charge in [0.15, 0.2) is 0 Å². The summed E-state index contributed by atoms with van der Waals surface area (Å²) in [7, 11) is 0. The Hall–Kier alpha value is -0.0600. The summed E-state index contributed by atoms with van der Waals surface area (Å²) in [5.74, 6) is 0. The molecule has 2 nitrogen and oxygen atoms in total. The van der Waals surface area contributed by atoms with E-state index in [-0.39, 0.29) is 5.41 Å². The van der Waals surface area contributed by atoms with E-state index in [0.717, 1.165) is 13.1 Å². The van der Waals surface area contributed by atoms with Gasteiger partial charge < -0.3 is 5.32 Å². The SMILES string of the molecule is CCC(CC)(CNCc1nc(C(C)(C)C)cs1)SC. The van der Waals surface area contributed by atoms with Crippen molar-refractivity contribution in [3.05, 3.63) is 16.1 Å². The zero-order valence-electron chi connectivity index (χ0n) is 13.2. The first-order valence-corrected chi connectivity index (χ1v) is 9.18. The summed E-state index contributed by atoms with van der Waals surface area (Å²) >= 11 is 3.75. The van der Waals surface area contributed by atoms with Crippen LogP contribution in [-0.2, 0) is 12.0 Å². The van der Waals surface area contributed by atoms with E-state index in [1.807, 2.05) is 11.8 Å². The van der Waals surface area contributed by atoms with Crippen LogP contribution in [0.4, 0.5) is 0 Å². The lowest BCUT2D eigenvalue weighted by molar-refractivity contribution is 0.493. The molecule has 0 amide bonds. The van der Waals surface area contributed by atoms with Crippen molar-refractivity contribution in [2.45, 2.75) is 64.2 Å². The summed E-state index contributed by atoms with van der Waals surface area (Å²) in [5, 5.41) is 6.98. The van der Waals surface area contributed by atoms with Crippen molar-refractivity contribution < 1.29 is 0 Å². The molecular formula is C15H28N2S2. The smallest absolute Gasteiger partial charge is 0.107 e. The molecule has 1 rings (SSSR count). The Morgan fingerprint density at radius 1 is 1.26 bits per heavy atom. The summed E-state index contributed by atoms with van der Waals surface area (Å²) in [4.78, 5) is 4.73. The van der Waals surface area contributed by atoms with E-state index in [2.05, 4.69) is 51.6 Å². The van der Waals surface area contributed by atoms with Crippen molar-refractivity contribution in [1.29, 1.82) is 0 Å². The lowest BCUT2D eigenvalue weighted by Crippen LogP contribution is -2.36. The molecule has 110 valence electrons. The molecule has 0 aliphatic heterocycles. The Morgan fingerprint density at radius 3 is 2.32 bits per heavy atom. The quantitative estimate of drug-likeness (QED) is 0.805. The van der Waals surface area contributed by atoms with Gasteiger partial charge in [0, 0.05) is 28.6 Å². The van der Waals surface area contributed by atoms with Crippen molar-refractivity contribution in [2.75, 3.05) is 12.8 Å². The fourth-order valence-electron chi connectivity index (χ4n) is 1.99. The first-order chi connectivity index (χ1) is 8.87. The summed E-state index contributed by atoms with van der Waals surface area (Å²) < 4.78 is 0.379. The van der Waals surface area contributed by atoms with Crippen LogP contribution in [0, 0.1) is 0 Å². The van der Waals surface area contributed by atoms with Crippen LogP contribution in [0.25, 0.3) is 0 Å². The minimum absolute atomic E-state index is 0.157. The minimum atomic E-state index is 0.157. The van der Waals surface area contributed by atoms with Gasteiger partial charge in [-0.25, -0.2) is 4.98 Å². The van der Waals surface area contributed by atoms with Crippen molar-refractivity contribution in [1.82, 2.24) is 10.3 Å². The van der Waals surface area contributed by atoms with Gasteiger partial charge in [-0.2, -0.15) is 11.8 Å². The van der Waals surface area contributed by atoms with Crippen LogP contribution in [0.3, 0.4) is 0 Å². The molecule has 0 spiro atoms. The Morgan fingerprint density at radius 2 is 1.89 bits per heavy atom. The molecule has 0 aliphatic carbocycles. The van der Waals surface area contributed by atoms with Crippen molar-refractivity contribution in [3.8, 4) is 0 Å². The van der Waals surface area contributed by atoms with Crippen LogP contribution in [0.5, 0.6) is 0 Å². The first-order valence-electron chi connectivity index (χ1n) is 7.07. The van der Waals surface area contributed by atoms with Crippen LogP contribution in [0.15, 0.2) is 5.38 Å². The van der Waals surface area contributed by atoms with E-state index in [0.29, 0.717) is 4.75 Å². The second-order valence-corrected chi connectivity index (χ2v) is 8.29. The molecule has 0 saturated heterocycles. The van der Waals surface area contributed by atoms with E-state index in [1.54, 1.807) is 11.3 Å². The van der Waals surface area contributed by atoms with Gasteiger partial charge in [-0.3, -0.25) is 0 Å². The topological polar surface area (TPSA) is 24.9 Å². The monoisotopic (exact) mass is 300 g/mol. The normalized spacial score (nSPS) is 12.9. The van der Waals surface area contributed by atoms with Crippen LogP contribution in [0.1, 0.15) is 58.2 Å². The van der Waals surface area contributed by atoms with E-state index < -0.39 is 0 Å². The molecule has 4 heteroatoms. The fourth-order valence-corrected chi connectivity index (χ4v) is 3.81. The number of nitrogens with zero attached hydrogens (tertiary/aromatic N) is 1. The van der Waals surface area contributed by atoms with Crippen molar-refractivity contribution >= 4 is 23.1 Å². The highest BCUT2D eigenvalue weighted by molar-refractivity contribution is 8.00. The van der Waals surface area contributed by atoms with Crippen LogP contribution in [0.2, 0.25) is 0 Å². The summed E-state index contributed by atoms with van der Waals surface area (Å²) in [6.07, 6.45) is 4.64. The van der Waals surface area contributed by atoms with E-state index in [4.69, 9.17) is 4.98 Å². The maximum Gasteiger partial charge on any atom is 0.107 e. The fraction of sp³-hybridized carbons (Fsp3) is 0.800. The van der Waals surface area contributed by atoms with Crippen LogP contribution >= 0.6 is 23.1 Å². The molecule has 0 atom stereocenters. The zero-order chi connectivity index (χ0) is 14.5. The lowest BCUT2D eigenvalue weighted by Gasteiger charge is -2.29. The third kappa shape index (κ3) is 4.76. The van der Waals surface area contributed by atoms with Gasteiger partial charge in [-0.05, 0) is 19.1 Å². The average molecular weight is 301 g/mol. The average Bonchev–Trinajstić information content (AvgIpc) is 2.84. The molecule has 1 N–H and O–H groups in total. The van der Waals surface area contributed by atoms with Gasteiger partial charge >= 0.3 is 0 Å². The standard InChI is InChI=1S/C15H28N2S2/c1-7-15(8-2,18-6)11-16-9-13-17-12(10-19-13)14(3,4)5/h10,16H,7-9,11H2,1-6H3. The Bertz CT molecular complexity index is 367. The molecule has 0 bridgehead atoms. The Kier molecular flexibility index (Phi) is 6.34. The molecule has 1 aromatic rings. The van der Waals surface area contributed by atoms with Gasteiger partial charge in [0.25, 0.3) is 0 Å². The maximum atomic E-state index is 4.73. The van der Waals surface area contributed by atoms with Gasteiger partial charge in [0.2, 0.25) is 0 Å². The summed E-state index contributed by atoms with van der Waals surface area (Å²) in [6, 6.07) is 0. The Labute approximate surface area is 126 Å². The van der Waals surface area contributed by atoms with Gasteiger partial charge in [0.05, 0.1) is 5.69 Å². The molecule has 1 aromatic heterocycles. The number of rotatable bonds is 7. The molecule has 1 heterocycles. The van der Waals surface area contributed by atoms with Crippen molar-refractivity contribution in [3.63, 3.8) is 0 Å². The number of nitrogens with one attached hydrogen (secondary N) is 1. The lowest BCUT2D eigenvalue weighted by atomic mass is 9.93. The number of hydrogen-bond donors (Lipinski definition) is 1. The number of thioether (sulfide) groups is 1. The number of hydrogen-bond acceptors (Lipinski definition) is 4. The number of thiazole rings is 1. The van der Waals surface area contributed by atoms with Gasteiger partial charge in [-0.1, -0.05) is 34.6 Å².